The number of thioether (sulfide) groups is 1. The average Bonchev–Trinajstić information content (AvgIpc) is 2.44. The van der Waals surface area contributed by atoms with Gasteiger partial charge in [-0.15, -0.1) is 11.8 Å². The molecule has 0 aromatic heterocycles. The Morgan fingerprint density at radius 3 is 2.59 bits per heavy atom. The van der Waals surface area contributed by atoms with E-state index in [-0.39, 0.29) is 10.8 Å². The molecule has 0 spiro atoms. The molecule has 1 amide bonds. The summed E-state index contributed by atoms with van der Waals surface area (Å²) in [6.45, 7) is 3.62. The maximum Gasteiger partial charge on any atom is 0.237 e. The van der Waals surface area contributed by atoms with Crippen LogP contribution in [0.15, 0.2) is 45.8 Å². The van der Waals surface area contributed by atoms with E-state index < -0.39 is 16.9 Å². The number of amides is 1. The molecule has 0 saturated carbocycles. The van der Waals surface area contributed by atoms with Crippen molar-refractivity contribution in [1.82, 2.24) is 0 Å². The van der Waals surface area contributed by atoms with Crippen LogP contribution in [-0.4, -0.2) is 11.2 Å². The second-order valence-electron chi connectivity index (χ2n) is 4.81. The van der Waals surface area contributed by atoms with Crippen LogP contribution in [0.1, 0.15) is 12.5 Å². The Morgan fingerprint density at radius 2 is 1.95 bits per heavy atom. The summed E-state index contributed by atoms with van der Waals surface area (Å²) in [5.41, 5.74) is 1.73. The molecule has 6 heteroatoms. The number of nitrogens with one attached hydrogen (secondary N) is 1. The van der Waals surface area contributed by atoms with Gasteiger partial charge in [0.05, 0.1) is 10.9 Å². The predicted octanol–water partition coefficient (Wildman–Crippen LogP) is 5.16. The van der Waals surface area contributed by atoms with E-state index in [4.69, 9.17) is 0 Å². The van der Waals surface area contributed by atoms with Crippen molar-refractivity contribution >= 4 is 39.3 Å². The molecule has 0 aliphatic heterocycles. The van der Waals surface area contributed by atoms with Crippen molar-refractivity contribution in [2.24, 2.45) is 0 Å². The molecule has 1 atom stereocenters. The van der Waals surface area contributed by atoms with Crippen LogP contribution in [0, 0.1) is 18.6 Å². The summed E-state index contributed by atoms with van der Waals surface area (Å²) in [4.78, 5) is 12.4. The van der Waals surface area contributed by atoms with Gasteiger partial charge in [-0.3, -0.25) is 4.79 Å². The summed E-state index contributed by atoms with van der Waals surface area (Å²) >= 11 is 4.43. The molecular weight excluding hydrogens is 372 g/mol. The number of halogens is 3. The lowest BCUT2D eigenvalue weighted by Crippen LogP contribution is -2.22. The standard InChI is InChI=1S/C16H14BrF2NOS/c1-9-3-5-14(12(17)7-9)20-16(21)10(2)22-15-6-4-11(18)8-13(15)19/h3-8,10H,1-2H3,(H,20,21). The topological polar surface area (TPSA) is 29.1 Å². The first-order valence-corrected chi connectivity index (χ1v) is 8.23. The SMILES string of the molecule is Cc1ccc(NC(=O)C(C)Sc2ccc(F)cc2F)c(Br)c1. The van der Waals surface area contributed by atoms with Crippen LogP contribution in [0.5, 0.6) is 0 Å². The van der Waals surface area contributed by atoms with Crippen LogP contribution in [0.4, 0.5) is 14.5 Å². The Bertz CT molecular complexity index is 709. The number of aryl methyl sites for hydroxylation is 1. The van der Waals surface area contributed by atoms with Gasteiger partial charge < -0.3 is 5.32 Å². The smallest absolute Gasteiger partial charge is 0.237 e. The molecule has 0 bridgehead atoms. The van der Waals surface area contributed by atoms with Crippen LogP contribution < -0.4 is 5.32 Å². The highest BCUT2D eigenvalue weighted by Gasteiger charge is 2.17. The van der Waals surface area contributed by atoms with Gasteiger partial charge in [-0.1, -0.05) is 6.07 Å². The minimum Gasteiger partial charge on any atom is -0.324 e. The molecule has 2 nitrogen and oxygen atoms in total. The first-order chi connectivity index (χ1) is 10.4. The van der Waals surface area contributed by atoms with Crippen molar-refractivity contribution in [3.05, 3.63) is 58.1 Å². The Labute approximate surface area is 140 Å². The number of carbonyl (C=O) groups excluding carboxylic acids is 1. The van der Waals surface area contributed by atoms with Crippen LogP contribution in [-0.2, 0) is 4.79 Å². The monoisotopic (exact) mass is 385 g/mol. The normalized spacial score (nSPS) is 12.0. The summed E-state index contributed by atoms with van der Waals surface area (Å²) in [6, 6.07) is 8.90. The molecule has 2 aromatic rings. The maximum atomic E-state index is 13.6. The third-order valence-corrected chi connectivity index (χ3v) is 4.76. The molecule has 1 N–H and O–H groups in total. The van der Waals surface area contributed by atoms with Crippen LogP contribution >= 0.6 is 27.7 Å². The van der Waals surface area contributed by atoms with Crippen LogP contribution in [0.3, 0.4) is 0 Å². The van der Waals surface area contributed by atoms with Crippen molar-refractivity contribution in [3.8, 4) is 0 Å². The molecule has 0 aliphatic carbocycles. The average molecular weight is 386 g/mol. The first-order valence-electron chi connectivity index (χ1n) is 6.55. The van der Waals surface area contributed by atoms with Crippen molar-refractivity contribution in [3.63, 3.8) is 0 Å². The fourth-order valence-electron chi connectivity index (χ4n) is 1.77. The van der Waals surface area contributed by atoms with E-state index in [1.807, 2.05) is 19.1 Å². The highest BCUT2D eigenvalue weighted by atomic mass is 79.9. The molecule has 0 aliphatic rings. The first kappa shape index (κ1) is 17.0. The van der Waals surface area contributed by atoms with E-state index >= 15 is 0 Å². The second kappa shape index (κ2) is 7.24. The fourth-order valence-corrected chi connectivity index (χ4v) is 3.23. The van der Waals surface area contributed by atoms with Gasteiger partial charge in [-0.05, 0) is 59.6 Å². The lowest BCUT2D eigenvalue weighted by atomic mass is 10.2. The Kier molecular flexibility index (Phi) is 5.58. The van der Waals surface area contributed by atoms with Crippen LogP contribution in [0.25, 0.3) is 0 Å². The highest BCUT2D eigenvalue weighted by Crippen LogP contribution is 2.29. The van der Waals surface area contributed by atoms with Crippen molar-refractivity contribution in [2.45, 2.75) is 24.0 Å². The summed E-state index contributed by atoms with van der Waals surface area (Å²) in [6.07, 6.45) is 0. The number of hydrogen-bond donors (Lipinski definition) is 1. The van der Waals surface area contributed by atoms with Gasteiger partial charge in [-0.25, -0.2) is 8.78 Å². The third kappa shape index (κ3) is 4.30. The second-order valence-corrected chi connectivity index (χ2v) is 7.04. The molecule has 2 aromatic carbocycles. The number of carbonyl (C=O) groups is 1. The minimum absolute atomic E-state index is 0.243. The lowest BCUT2D eigenvalue weighted by molar-refractivity contribution is -0.115. The molecule has 0 heterocycles. The Hall–Kier alpha value is -1.40. The van der Waals surface area contributed by atoms with Crippen molar-refractivity contribution < 1.29 is 13.6 Å². The third-order valence-electron chi connectivity index (χ3n) is 2.95. The quantitative estimate of drug-likeness (QED) is 0.736. The number of hydrogen-bond acceptors (Lipinski definition) is 2. The van der Waals surface area contributed by atoms with Gasteiger partial charge in [0.25, 0.3) is 0 Å². The Morgan fingerprint density at radius 1 is 1.23 bits per heavy atom. The van der Waals surface area contributed by atoms with E-state index in [2.05, 4.69) is 21.2 Å². The molecule has 22 heavy (non-hydrogen) atoms. The van der Waals surface area contributed by atoms with E-state index in [0.717, 1.165) is 27.9 Å². The lowest BCUT2D eigenvalue weighted by Gasteiger charge is -2.13. The molecule has 2 rings (SSSR count). The van der Waals surface area contributed by atoms with Gasteiger partial charge >= 0.3 is 0 Å². The largest absolute Gasteiger partial charge is 0.324 e. The summed E-state index contributed by atoms with van der Waals surface area (Å²) in [5, 5.41) is 2.26. The molecule has 0 fully saturated rings. The zero-order chi connectivity index (χ0) is 16.3. The van der Waals surface area contributed by atoms with Gasteiger partial charge in [0.15, 0.2) is 0 Å². The maximum absolute atomic E-state index is 13.6. The van der Waals surface area contributed by atoms with Gasteiger partial charge in [0.1, 0.15) is 11.6 Å². The van der Waals surface area contributed by atoms with Gasteiger partial charge in [0.2, 0.25) is 5.91 Å². The molecule has 0 saturated heterocycles. The number of rotatable bonds is 4. The fraction of sp³-hybridized carbons (Fsp3) is 0.188. The summed E-state index contributed by atoms with van der Waals surface area (Å²) in [7, 11) is 0. The zero-order valence-electron chi connectivity index (χ0n) is 12.0. The molecule has 0 radical (unpaired) electrons. The van der Waals surface area contributed by atoms with Gasteiger partial charge in [0, 0.05) is 15.4 Å². The zero-order valence-corrected chi connectivity index (χ0v) is 14.4. The predicted molar refractivity (Wildman–Crippen MR) is 89.2 cm³/mol. The van der Waals surface area contributed by atoms with E-state index in [1.165, 1.54) is 12.1 Å². The summed E-state index contributed by atoms with van der Waals surface area (Å²) < 4.78 is 27.3. The number of benzene rings is 2. The van der Waals surface area contributed by atoms with E-state index in [0.29, 0.717) is 5.69 Å². The Balaban J connectivity index is 2.05. The van der Waals surface area contributed by atoms with Crippen molar-refractivity contribution in [1.29, 1.82) is 0 Å². The molecule has 1 unspecified atom stereocenters. The molecule has 116 valence electrons. The van der Waals surface area contributed by atoms with E-state index in [9.17, 15) is 13.6 Å². The summed E-state index contributed by atoms with van der Waals surface area (Å²) in [5.74, 6) is -1.55. The van der Waals surface area contributed by atoms with Crippen LogP contribution in [0.2, 0.25) is 0 Å². The van der Waals surface area contributed by atoms with Gasteiger partial charge in [-0.2, -0.15) is 0 Å². The number of anilines is 1. The minimum atomic E-state index is -0.666. The van der Waals surface area contributed by atoms with E-state index in [1.54, 1.807) is 13.0 Å². The van der Waals surface area contributed by atoms with Crippen molar-refractivity contribution in [2.75, 3.05) is 5.32 Å². The highest BCUT2D eigenvalue weighted by molar-refractivity contribution is 9.10. The molecular formula is C16H14BrF2NOS.